The first-order valence-electron chi connectivity index (χ1n) is 10.2. The smallest absolute Gasteiger partial charge is 0.259 e. The summed E-state index contributed by atoms with van der Waals surface area (Å²) in [5.74, 6) is 0.444. The van der Waals surface area contributed by atoms with Crippen molar-refractivity contribution < 1.29 is 13.7 Å². The first-order valence-corrected chi connectivity index (χ1v) is 10.2. The van der Waals surface area contributed by atoms with Gasteiger partial charge in [0.15, 0.2) is 0 Å². The Morgan fingerprint density at radius 1 is 1.11 bits per heavy atom. The van der Waals surface area contributed by atoms with E-state index in [-0.39, 0.29) is 17.3 Å². The molecule has 28 heavy (non-hydrogen) atoms. The predicted molar refractivity (Wildman–Crippen MR) is 105 cm³/mol. The average molecular weight is 385 g/mol. The van der Waals surface area contributed by atoms with Gasteiger partial charge in [-0.1, -0.05) is 17.3 Å². The zero-order valence-corrected chi connectivity index (χ0v) is 16.7. The number of amides is 1. The third-order valence-corrected chi connectivity index (χ3v) is 6.48. The zero-order chi connectivity index (χ0) is 19.7. The van der Waals surface area contributed by atoms with Crippen LogP contribution in [0.4, 0.5) is 4.39 Å². The molecule has 4 rings (SSSR count). The lowest BCUT2D eigenvalue weighted by Gasteiger charge is -2.38. The molecule has 0 saturated carbocycles. The van der Waals surface area contributed by atoms with Gasteiger partial charge in [0.05, 0.1) is 5.69 Å². The zero-order valence-electron chi connectivity index (χ0n) is 16.7. The van der Waals surface area contributed by atoms with Crippen LogP contribution in [0.2, 0.25) is 0 Å². The van der Waals surface area contributed by atoms with Crippen LogP contribution in [0.5, 0.6) is 0 Å². The molecule has 1 amide bonds. The Morgan fingerprint density at radius 3 is 2.50 bits per heavy atom. The summed E-state index contributed by atoms with van der Waals surface area (Å²) in [4.78, 5) is 17.6. The second-order valence-electron chi connectivity index (χ2n) is 8.22. The molecule has 2 saturated heterocycles. The molecule has 1 spiro atoms. The van der Waals surface area contributed by atoms with Gasteiger partial charge in [0.2, 0.25) is 0 Å². The van der Waals surface area contributed by atoms with E-state index < -0.39 is 0 Å². The molecular formula is C22H28FN3O2. The minimum Gasteiger partial charge on any atom is -0.361 e. The lowest BCUT2D eigenvalue weighted by Crippen LogP contribution is -2.44. The van der Waals surface area contributed by atoms with E-state index in [1.807, 2.05) is 24.0 Å². The number of rotatable bonds is 3. The molecule has 150 valence electrons. The van der Waals surface area contributed by atoms with E-state index in [2.05, 4.69) is 10.1 Å². The average Bonchev–Trinajstić information content (AvgIpc) is 3.13. The third kappa shape index (κ3) is 3.58. The Morgan fingerprint density at radius 2 is 1.82 bits per heavy atom. The number of aromatic nitrogens is 1. The Balaban J connectivity index is 1.47. The minimum absolute atomic E-state index is 0.0383. The van der Waals surface area contributed by atoms with E-state index >= 15 is 0 Å². The number of halogens is 1. The fraction of sp³-hybridized carbons (Fsp3) is 0.545. The van der Waals surface area contributed by atoms with Crippen molar-refractivity contribution >= 4 is 5.91 Å². The molecule has 1 unspecified atom stereocenters. The van der Waals surface area contributed by atoms with Crippen LogP contribution in [0.1, 0.15) is 59.5 Å². The molecule has 0 bridgehead atoms. The maximum atomic E-state index is 13.2. The highest BCUT2D eigenvalue weighted by atomic mass is 19.1. The van der Waals surface area contributed by atoms with Gasteiger partial charge in [-0.25, -0.2) is 4.39 Å². The molecule has 1 atom stereocenters. The summed E-state index contributed by atoms with van der Waals surface area (Å²) in [6.07, 6.45) is 5.42. The van der Waals surface area contributed by atoms with Crippen LogP contribution in [0.25, 0.3) is 0 Å². The van der Waals surface area contributed by atoms with Gasteiger partial charge in [-0.05, 0) is 70.2 Å². The highest BCUT2D eigenvalue weighted by Gasteiger charge is 2.42. The van der Waals surface area contributed by atoms with Crippen LogP contribution in [0.3, 0.4) is 0 Å². The summed E-state index contributed by atoms with van der Waals surface area (Å²) in [5, 5.41) is 3.93. The number of nitrogens with zero attached hydrogens (tertiary/aromatic N) is 3. The molecule has 2 aromatic rings. The maximum Gasteiger partial charge on any atom is 0.259 e. The molecule has 0 radical (unpaired) electrons. The number of carbonyl (C=O) groups excluding carboxylic acids is 1. The monoisotopic (exact) mass is 385 g/mol. The Hall–Kier alpha value is -2.21. The molecule has 2 aliphatic rings. The molecular weight excluding hydrogens is 357 g/mol. The van der Waals surface area contributed by atoms with E-state index in [9.17, 15) is 9.18 Å². The quantitative estimate of drug-likeness (QED) is 0.798. The molecule has 1 aromatic heterocycles. The van der Waals surface area contributed by atoms with E-state index in [1.54, 1.807) is 6.92 Å². The van der Waals surface area contributed by atoms with Gasteiger partial charge in [0, 0.05) is 25.2 Å². The molecule has 2 fully saturated rings. The summed E-state index contributed by atoms with van der Waals surface area (Å²) >= 11 is 0. The summed E-state index contributed by atoms with van der Waals surface area (Å²) in [7, 11) is 0. The summed E-state index contributed by atoms with van der Waals surface area (Å²) in [5.41, 5.74) is 2.57. The standard InChI is InChI=1S/C22H28FN3O2/c1-16-20(17(2)28-24-16)21(27)25-12-3-9-22(11-14-25)10-4-13-26(22)15-18-5-7-19(23)8-6-18/h5-8H,3-4,9-15H2,1-2H3. The van der Waals surface area contributed by atoms with Crippen molar-refractivity contribution in [3.8, 4) is 0 Å². The molecule has 0 aliphatic carbocycles. The first kappa shape index (κ1) is 19.1. The van der Waals surface area contributed by atoms with Crippen molar-refractivity contribution in [1.82, 2.24) is 15.0 Å². The van der Waals surface area contributed by atoms with Crippen molar-refractivity contribution in [3.63, 3.8) is 0 Å². The van der Waals surface area contributed by atoms with E-state index in [0.717, 1.165) is 51.0 Å². The number of aryl methyl sites for hydroxylation is 2. The molecule has 6 heteroatoms. The van der Waals surface area contributed by atoms with Crippen molar-refractivity contribution in [2.75, 3.05) is 19.6 Å². The molecule has 3 heterocycles. The van der Waals surface area contributed by atoms with Crippen LogP contribution in [-0.4, -0.2) is 46.0 Å². The van der Waals surface area contributed by atoms with Crippen molar-refractivity contribution in [3.05, 3.63) is 52.7 Å². The van der Waals surface area contributed by atoms with Crippen LogP contribution < -0.4 is 0 Å². The largest absolute Gasteiger partial charge is 0.361 e. The third-order valence-electron chi connectivity index (χ3n) is 6.48. The second-order valence-corrected chi connectivity index (χ2v) is 8.22. The van der Waals surface area contributed by atoms with Gasteiger partial charge in [-0.3, -0.25) is 9.69 Å². The van der Waals surface area contributed by atoms with Crippen LogP contribution in [-0.2, 0) is 6.54 Å². The van der Waals surface area contributed by atoms with Gasteiger partial charge in [-0.2, -0.15) is 0 Å². The number of likely N-dealkylation sites (tertiary alicyclic amines) is 2. The normalized spacial score (nSPS) is 23.3. The predicted octanol–water partition coefficient (Wildman–Crippen LogP) is 4.09. The SMILES string of the molecule is Cc1noc(C)c1C(=O)N1CCCC2(CCCN2Cc2ccc(F)cc2)CC1. The second kappa shape index (κ2) is 7.66. The summed E-state index contributed by atoms with van der Waals surface area (Å²) in [6, 6.07) is 6.83. The summed E-state index contributed by atoms with van der Waals surface area (Å²) < 4.78 is 18.4. The van der Waals surface area contributed by atoms with Gasteiger partial charge < -0.3 is 9.42 Å². The Bertz CT molecular complexity index is 828. The minimum atomic E-state index is -0.192. The highest BCUT2D eigenvalue weighted by Crippen LogP contribution is 2.39. The number of hydrogen-bond acceptors (Lipinski definition) is 4. The highest BCUT2D eigenvalue weighted by molar-refractivity contribution is 5.96. The fourth-order valence-corrected chi connectivity index (χ4v) is 4.95. The number of hydrogen-bond donors (Lipinski definition) is 0. The first-order chi connectivity index (χ1) is 13.5. The maximum absolute atomic E-state index is 13.2. The molecule has 5 nitrogen and oxygen atoms in total. The lowest BCUT2D eigenvalue weighted by atomic mass is 9.87. The number of benzene rings is 1. The van der Waals surface area contributed by atoms with E-state index in [4.69, 9.17) is 4.52 Å². The van der Waals surface area contributed by atoms with Crippen LogP contribution >= 0.6 is 0 Å². The lowest BCUT2D eigenvalue weighted by molar-refractivity contribution is 0.0736. The molecule has 1 aromatic carbocycles. The van der Waals surface area contributed by atoms with Crippen LogP contribution in [0.15, 0.2) is 28.8 Å². The number of carbonyl (C=O) groups is 1. The van der Waals surface area contributed by atoms with Crippen molar-refractivity contribution in [2.24, 2.45) is 0 Å². The van der Waals surface area contributed by atoms with Crippen molar-refractivity contribution in [1.29, 1.82) is 0 Å². The van der Waals surface area contributed by atoms with Crippen LogP contribution in [0, 0.1) is 19.7 Å². The van der Waals surface area contributed by atoms with E-state index in [0.29, 0.717) is 17.0 Å². The Kier molecular flexibility index (Phi) is 5.23. The molecule has 2 aliphatic heterocycles. The van der Waals surface area contributed by atoms with E-state index in [1.165, 1.54) is 25.0 Å². The van der Waals surface area contributed by atoms with Gasteiger partial charge in [0.25, 0.3) is 5.91 Å². The molecule has 0 N–H and O–H groups in total. The topological polar surface area (TPSA) is 49.6 Å². The van der Waals surface area contributed by atoms with Gasteiger partial charge >= 0.3 is 0 Å². The summed E-state index contributed by atoms with van der Waals surface area (Å²) in [6.45, 7) is 7.06. The van der Waals surface area contributed by atoms with Crippen molar-refractivity contribution in [2.45, 2.75) is 58.0 Å². The van der Waals surface area contributed by atoms with Gasteiger partial charge in [-0.15, -0.1) is 0 Å². The van der Waals surface area contributed by atoms with Gasteiger partial charge in [0.1, 0.15) is 17.1 Å². The fourth-order valence-electron chi connectivity index (χ4n) is 4.95. The Labute approximate surface area is 165 Å².